The SMILES string of the molecule is CC(C)C(=O)Nc1ccc(CNC(=O)C(C)Oc2ccccc2C#N)cc1. The number of anilines is 1. The quantitative estimate of drug-likeness (QED) is 0.788. The van der Waals surface area contributed by atoms with Crippen LogP contribution in [0, 0.1) is 17.2 Å². The highest BCUT2D eigenvalue weighted by Crippen LogP contribution is 2.18. The predicted molar refractivity (Wildman–Crippen MR) is 103 cm³/mol. The Labute approximate surface area is 159 Å². The van der Waals surface area contributed by atoms with Gasteiger partial charge in [0, 0.05) is 18.2 Å². The molecule has 0 aliphatic heterocycles. The molecule has 6 heteroatoms. The number of nitrogens with zero attached hydrogens (tertiary/aromatic N) is 1. The Hall–Kier alpha value is -3.33. The van der Waals surface area contributed by atoms with Gasteiger partial charge in [-0.1, -0.05) is 38.1 Å². The molecule has 1 unspecified atom stereocenters. The zero-order valence-electron chi connectivity index (χ0n) is 15.7. The number of hydrogen-bond acceptors (Lipinski definition) is 4. The van der Waals surface area contributed by atoms with Gasteiger partial charge < -0.3 is 15.4 Å². The van der Waals surface area contributed by atoms with Crippen molar-refractivity contribution in [2.45, 2.75) is 33.4 Å². The standard InChI is InChI=1S/C21H23N3O3/c1-14(2)20(25)24-18-10-8-16(9-11-18)13-23-21(26)15(3)27-19-7-5-4-6-17(19)12-22/h4-11,14-15H,13H2,1-3H3,(H,23,26)(H,24,25). The van der Waals surface area contributed by atoms with Crippen LogP contribution in [0.5, 0.6) is 5.75 Å². The monoisotopic (exact) mass is 365 g/mol. The summed E-state index contributed by atoms with van der Waals surface area (Å²) in [5.41, 5.74) is 2.00. The van der Waals surface area contributed by atoms with Gasteiger partial charge >= 0.3 is 0 Å². The van der Waals surface area contributed by atoms with E-state index in [9.17, 15) is 9.59 Å². The van der Waals surface area contributed by atoms with Crippen LogP contribution < -0.4 is 15.4 Å². The highest BCUT2D eigenvalue weighted by molar-refractivity contribution is 5.92. The second-order valence-corrected chi connectivity index (χ2v) is 6.43. The fraction of sp³-hybridized carbons (Fsp3) is 0.286. The minimum Gasteiger partial charge on any atom is -0.480 e. The average Bonchev–Trinajstić information content (AvgIpc) is 2.67. The Morgan fingerprint density at radius 1 is 1.04 bits per heavy atom. The van der Waals surface area contributed by atoms with Crippen molar-refractivity contribution in [3.63, 3.8) is 0 Å². The first-order valence-electron chi connectivity index (χ1n) is 8.74. The molecule has 0 saturated carbocycles. The summed E-state index contributed by atoms with van der Waals surface area (Å²) in [7, 11) is 0. The molecule has 6 nitrogen and oxygen atoms in total. The van der Waals surface area contributed by atoms with Gasteiger partial charge in [-0.25, -0.2) is 0 Å². The fourth-order valence-corrected chi connectivity index (χ4v) is 2.23. The smallest absolute Gasteiger partial charge is 0.261 e. The number of ether oxygens (including phenoxy) is 1. The maximum Gasteiger partial charge on any atom is 0.261 e. The van der Waals surface area contributed by atoms with Crippen molar-refractivity contribution < 1.29 is 14.3 Å². The van der Waals surface area contributed by atoms with Crippen LogP contribution in [0.3, 0.4) is 0 Å². The molecule has 0 heterocycles. The molecule has 0 spiro atoms. The number of para-hydroxylation sites is 1. The second-order valence-electron chi connectivity index (χ2n) is 6.43. The molecule has 2 aromatic carbocycles. The van der Waals surface area contributed by atoms with Crippen LogP contribution in [-0.4, -0.2) is 17.9 Å². The Morgan fingerprint density at radius 2 is 1.70 bits per heavy atom. The molecule has 0 aromatic heterocycles. The van der Waals surface area contributed by atoms with Crippen molar-refractivity contribution in [1.29, 1.82) is 5.26 Å². The normalized spacial score (nSPS) is 11.4. The molecule has 140 valence electrons. The van der Waals surface area contributed by atoms with Crippen molar-refractivity contribution in [3.05, 3.63) is 59.7 Å². The van der Waals surface area contributed by atoms with Gasteiger partial charge in [-0.05, 0) is 36.8 Å². The Bertz CT molecular complexity index is 838. The molecule has 1 atom stereocenters. The average molecular weight is 365 g/mol. The molecule has 27 heavy (non-hydrogen) atoms. The summed E-state index contributed by atoms with van der Waals surface area (Å²) in [6, 6.07) is 16.1. The zero-order chi connectivity index (χ0) is 19.8. The van der Waals surface area contributed by atoms with Crippen LogP contribution in [0.2, 0.25) is 0 Å². The van der Waals surface area contributed by atoms with E-state index >= 15 is 0 Å². The van der Waals surface area contributed by atoms with E-state index < -0.39 is 6.10 Å². The number of rotatable bonds is 7. The zero-order valence-corrected chi connectivity index (χ0v) is 15.7. The molecule has 0 saturated heterocycles. The van der Waals surface area contributed by atoms with E-state index in [1.165, 1.54) is 0 Å². The van der Waals surface area contributed by atoms with Crippen LogP contribution in [0.25, 0.3) is 0 Å². The fourth-order valence-electron chi connectivity index (χ4n) is 2.23. The summed E-state index contributed by atoms with van der Waals surface area (Å²) < 4.78 is 5.59. The lowest BCUT2D eigenvalue weighted by molar-refractivity contribution is -0.127. The van der Waals surface area contributed by atoms with Gasteiger partial charge in [-0.3, -0.25) is 9.59 Å². The van der Waals surface area contributed by atoms with E-state index in [-0.39, 0.29) is 17.7 Å². The molecule has 2 amide bonds. The topological polar surface area (TPSA) is 91.2 Å². The summed E-state index contributed by atoms with van der Waals surface area (Å²) >= 11 is 0. The minimum atomic E-state index is -0.732. The summed E-state index contributed by atoms with van der Waals surface area (Å²) in [6.07, 6.45) is -0.732. The van der Waals surface area contributed by atoms with E-state index in [2.05, 4.69) is 10.6 Å². The highest BCUT2D eigenvalue weighted by atomic mass is 16.5. The largest absolute Gasteiger partial charge is 0.480 e. The first kappa shape index (κ1) is 20.0. The number of carbonyl (C=O) groups is 2. The number of nitriles is 1. The van der Waals surface area contributed by atoms with Gasteiger partial charge in [0.2, 0.25) is 5.91 Å². The van der Waals surface area contributed by atoms with E-state index in [0.29, 0.717) is 23.5 Å². The van der Waals surface area contributed by atoms with Crippen LogP contribution in [0.4, 0.5) is 5.69 Å². The molecular formula is C21H23N3O3. The lowest BCUT2D eigenvalue weighted by atomic mass is 10.1. The first-order chi connectivity index (χ1) is 12.9. The van der Waals surface area contributed by atoms with Crippen LogP contribution >= 0.6 is 0 Å². The van der Waals surface area contributed by atoms with Crippen LogP contribution in [0.1, 0.15) is 31.9 Å². The van der Waals surface area contributed by atoms with Gasteiger partial charge in [0.05, 0.1) is 5.56 Å². The summed E-state index contributed by atoms with van der Waals surface area (Å²) in [6.45, 7) is 5.63. The maximum absolute atomic E-state index is 12.2. The highest BCUT2D eigenvalue weighted by Gasteiger charge is 2.16. The van der Waals surface area contributed by atoms with Crippen molar-refractivity contribution >= 4 is 17.5 Å². The number of benzene rings is 2. The molecule has 0 radical (unpaired) electrons. The second kappa shape index (κ2) is 9.39. The van der Waals surface area contributed by atoms with E-state index in [1.807, 2.05) is 32.0 Å². The molecule has 2 aromatic rings. The third-order valence-corrected chi connectivity index (χ3v) is 3.89. The summed E-state index contributed by atoms with van der Waals surface area (Å²) in [5, 5.41) is 14.7. The van der Waals surface area contributed by atoms with E-state index in [4.69, 9.17) is 10.00 Å². The molecule has 2 rings (SSSR count). The minimum absolute atomic E-state index is 0.0420. The van der Waals surface area contributed by atoms with Gasteiger partial charge in [-0.15, -0.1) is 0 Å². The number of nitrogens with one attached hydrogen (secondary N) is 2. The molecule has 0 fully saturated rings. The van der Waals surface area contributed by atoms with Gasteiger partial charge in [0.1, 0.15) is 11.8 Å². The number of amides is 2. The van der Waals surface area contributed by atoms with Crippen LogP contribution in [0.15, 0.2) is 48.5 Å². The van der Waals surface area contributed by atoms with Crippen molar-refractivity contribution in [2.75, 3.05) is 5.32 Å². The first-order valence-corrected chi connectivity index (χ1v) is 8.74. The maximum atomic E-state index is 12.2. The van der Waals surface area contributed by atoms with Crippen molar-refractivity contribution in [1.82, 2.24) is 5.32 Å². The molecule has 0 aliphatic rings. The Balaban J connectivity index is 1.87. The predicted octanol–water partition coefficient (Wildman–Crippen LogP) is 3.24. The number of carbonyl (C=O) groups excluding carboxylic acids is 2. The van der Waals surface area contributed by atoms with Crippen LogP contribution in [-0.2, 0) is 16.1 Å². The number of hydrogen-bond donors (Lipinski definition) is 2. The molecule has 0 bridgehead atoms. The van der Waals surface area contributed by atoms with Gasteiger partial charge in [0.25, 0.3) is 5.91 Å². The van der Waals surface area contributed by atoms with E-state index in [0.717, 1.165) is 5.56 Å². The molecular weight excluding hydrogens is 342 g/mol. The van der Waals surface area contributed by atoms with Crippen molar-refractivity contribution in [2.24, 2.45) is 5.92 Å². The summed E-state index contributed by atoms with van der Waals surface area (Å²) in [4.78, 5) is 23.9. The lowest BCUT2D eigenvalue weighted by Gasteiger charge is -2.15. The third kappa shape index (κ3) is 5.86. The Kier molecular flexibility index (Phi) is 6.95. The molecule has 2 N–H and O–H groups in total. The Morgan fingerprint density at radius 3 is 2.33 bits per heavy atom. The lowest BCUT2D eigenvalue weighted by Crippen LogP contribution is -2.36. The van der Waals surface area contributed by atoms with Crippen molar-refractivity contribution in [3.8, 4) is 11.8 Å². The third-order valence-electron chi connectivity index (χ3n) is 3.89. The van der Waals surface area contributed by atoms with E-state index in [1.54, 1.807) is 43.3 Å². The molecule has 0 aliphatic carbocycles. The van der Waals surface area contributed by atoms with Gasteiger partial charge in [-0.2, -0.15) is 5.26 Å². The van der Waals surface area contributed by atoms with Gasteiger partial charge in [0.15, 0.2) is 6.10 Å². The summed E-state index contributed by atoms with van der Waals surface area (Å²) in [5.74, 6) is -0.0240.